The van der Waals surface area contributed by atoms with Gasteiger partial charge in [-0.25, -0.2) is 0 Å². The van der Waals surface area contributed by atoms with E-state index >= 15 is 0 Å². The Morgan fingerprint density at radius 3 is 2.76 bits per heavy atom. The number of ether oxygens (including phenoxy) is 1. The lowest BCUT2D eigenvalue weighted by Gasteiger charge is -2.14. The number of nitrogens with two attached hydrogens (primary N) is 1. The third-order valence-electron chi connectivity index (χ3n) is 3.26. The number of fused-ring (bicyclic) bond motifs is 1. The highest BCUT2D eigenvalue weighted by Gasteiger charge is 2.08. The van der Waals surface area contributed by atoms with Gasteiger partial charge in [-0.3, -0.25) is 5.32 Å². The topological polar surface area (TPSA) is 56.5 Å². The number of hydrogen-bond donors (Lipinski definition) is 2. The molecule has 0 aliphatic heterocycles. The van der Waals surface area contributed by atoms with Gasteiger partial charge in [0.2, 0.25) is 0 Å². The van der Waals surface area contributed by atoms with Crippen LogP contribution in [0, 0.1) is 0 Å². The minimum Gasteiger partial charge on any atom is -0.492 e. The molecule has 0 aliphatic rings. The molecular formula is C16H21FN2O2. The summed E-state index contributed by atoms with van der Waals surface area (Å²) in [5.41, 5.74) is 5.38. The first-order valence-electron chi connectivity index (χ1n) is 7.16. The van der Waals surface area contributed by atoms with E-state index in [1.165, 1.54) is 0 Å². The highest BCUT2D eigenvalue weighted by atomic mass is 19.3. The number of halogens is 1. The molecule has 0 amide bonds. The largest absolute Gasteiger partial charge is 0.492 e. The molecule has 0 aliphatic carbocycles. The first-order chi connectivity index (χ1) is 10.3. The third kappa shape index (κ3) is 4.67. The quantitative estimate of drug-likeness (QED) is 0.551. The summed E-state index contributed by atoms with van der Waals surface area (Å²) in [6.07, 6.45) is 0.636. The molecule has 4 nitrogen and oxygen atoms in total. The van der Waals surface area contributed by atoms with E-state index in [1.807, 2.05) is 42.5 Å². The van der Waals surface area contributed by atoms with E-state index in [0.717, 1.165) is 16.5 Å². The van der Waals surface area contributed by atoms with Gasteiger partial charge in [-0.1, -0.05) is 36.4 Å². The van der Waals surface area contributed by atoms with E-state index in [9.17, 15) is 4.53 Å². The second-order valence-corrected chi connectivity index (χ2v) is 4.79. The monoisotopic (exact) mass is 292 g/mol. The molecule has 0 radical (unpaired) electrons. The fourth-order valence-electron chi connectivity index (χ4n) is 2.18. The van der Waals surface area contributed by atoms with E-state index in [-0.39, 0.29) is 0 Å². The molecule has 3 N–H and O–H groups in total. The van der Waals surface area contributed by atoms with Crippen LogP contribution in [0.2, 0.25) is 0 Å². The molecule has 0 aromatic heterocycles. The molecule has 0 saturated heterocycles. The van der Waals surface area contributed by atoms with Crippen molar-refractivity contribution in [2.45, 2.75) is 19.1 Å². The maximum atomic E-state index is 12.3. The summed E-state index contributed by atoms with van der Waals surface area (Å²) in [6, 6.07) is 14.0. The first kappa shape index (κ1) is 15.7. The Hall–Kier alpha value is -1.69. The summed E-state index contributed by atoms with van der Waals surface area (Å²) in [5, 5.41) is 5.15. The van der Waals surface area contributed by atoms with E-state index in [2.05, 4.69) is 10.3 Å². The summed E-state index contributed by atoms with van der Waals surface area (Å²) in [4.78, 5) is 3.85. The summed E-state index contributed by atoms with van der Waals surface area (Å²) in [6.45, 7) is 1.47. The maximum absolute atomic E-state index is 12.3. The molecule has 2 rings (SSSR count). The molecule has 0 fully saturated rings. The van der Waals surface area contributed by atoms with Crippen molar-refractivity contribution in [1.29, 1.82) is 0 Å². The van der Waals surface area contributed by atoms with Gasteiger partial charge in [-0.05, 0) is 35.4 Å². The number of rotatable bonds is 9. The van der Waals surface area contributed by atoms with Gasteiger partial charge in [-0.15, -0.1) is 0 Å². The molecule has 5 heteroatoms. The smallest absolute Gasteiger partial charge is 0.149 e. The van der Waals surface area contributed by atoms with Crippen molar-refractivity contribution in [2.75, 3.05) is 19.7 Å². The van der Waals surface area contributed by atoms with Crippen molar-refractivity contribution in [3.8, 4) is 5.75 Å². The SMILES string of the molecule is NCCCC(NCCOc1cccc2ccccc12)OF. The van der Waals surface area contributed by atoms with Crippen LogP contribution in [0.3, 0.4) is 0 Å². The number of nitrogens with one attached hydrogen (secondary N) is 1. The zero-order valence-electron chi connectivity index (χ0n) is 11.9. The second kappa shape index (κ2) is 8.56. The van der Waals surface area contributed by atoms with Crippen LogP contribution in [0.4, 0.5) is 4.53 Å². The fourth-order valence-corrected chi connectivity index (χ4v) is 2.18. The molecular weight excluding hydrogens is 271 g/mol. The Balaban J connectivity index is 1.82. The van der Waals surface area contributed by atoms with Gasteiger partial charge in [-0.2, -0.15) is 4.94 Å². The Morgan fingerprint density at radius 1 is 1.14 bits per heavy atom. The van der Waals surface area contributed by atoms with Gasteiger partial charge < -0.3 is 10.5 Å². The van der Waals surface area contributed by atoms with Crippen molar-refractivity contribution in [3.63, 3.8) is 0 Å². The molecule has 1 atom stereocenters. The first-order valence-corrected chi connectivity index (χ1v) is 7.16. The van der Waals surface area contributed by atoms with Gasteiger partial charge in [0.25, 0.3) is 0 Å². The van der Waals surface area contributed by atoms with Crippen molar-refractivity contribution in [2.24, 2.45) is 5.73 Å². The maximum Gasteiger partial charge on any atom is 0.149 e. The van der Waals surface area contributed by atoms with Crippen LogP contribution in [-0.4, -0.2) is 25.9 Å². The molecule has 0 spiro atoms. The molecule has 2 aromatic rings. The normalized spacial score (nSPS) is 12.5. The van der Waals surface area contributed by atoms with E-state index in [0.29, 0.717) is 32.5 Å². The van der Waals surface area contributed by atoms with Crippen LogP contribution in [-0.2, 0) is 4.94 Å². The Labute approximate surface area is 123 Å². The Morgan fingerprint density at radius 2 is 1.95 bits per heavy atom. The number of benzene rings is 2. The Kier molecular flexibility index (Phi) is 6.40. The van der Waals surface area contributed by atoms with Crippen LogP contribution in [0.1, 0.15) is 12.8 Å². The van der Waals surface area contributed by atoms with Gasteiger partial charge in [0.15, 0.2) is 0 Å². The molecule has 0 bridgehead atoms. The fraction of sp³-hybridized carbons (Fsp3) is 0.375. The predicted octanol–water partition coefficient (Wildman–Crippen LogP) is 2.77. The van der Waals surface area contributed by atoms with E-state index in [4.69, 9.17) is 10.5 Å². The van der Waals surface area contributed by atoms with Crippen LogP contribution in [0.15, 0.2) is 42.5 Å². The standard InChI is InChI=1S/C16H21FN2O2/c17-21-16(9-4-10-18)19-11-12-20-15-8-3-6-13-5-1-2-7-14(13)15/h1-3,5-8,16,19H,4,9-12,18H2. The van der Waals surface area contributed by atoms with E-state index in [1.54, 1.807) is 0 Å². The minimum absolute atomic E-state index is 0.441. The van der Waals surface area contributed by atoms with E-state index < -0.39 is 6.23 Å². The molecule has 0 saturated carbocycles. The van der Waals surface area contributed by atoms with Crippen LogP contribution in [0.5, 0.6) is 5.75 Å². The molecule has 0 heterocycles. The van der Waals surface area contributed by atoms with Crippen molar-refractivity contribution < 1.29 is 14.2 Å². The highest BCUT2D eigenvalue weighted by molar-refractivity contribution is 5.88. The lowest BCUT2D eigenvalue weighted by Crippen LogP contribution is -2.33. The second-order valence-electron chi connectivity index (χ2n) is 4.79. The van der Waals surface area contributed by atoms with Crippen molar-refractivity contribution >= 4 is 10.8 Å². The lowest BCUT2D eigenvalue weighted by molar-refractivity contribution is -0.191. The van der Waals surface area contributed by atoms with Crippen molar-refractivity contribution in [3.05, 3.63) is 42.5 Å². The number of hydrogen-bond acceptors (Lipinski definition) is 4. The Bertz CT molecular complexity index is 545. The predicted molar refractivity (Wildman–Crippen MR) is 81.7 cm³/mol. The van der Waals surface area contributed by atoms with Crippen molar-refractivity contribution in [1.82, 2.24) is 5.32 Å². The van der Waals surface area contributed by atoms with Crippen LogP contribution in [0.25, 0.3) is 10.8 Å². The molecule has 2 aromatic carbocycles. The minimum atomic E-state index is -0.621. The third-order valence-corrected chi connectivity index (χ3v) is 3.26. The average molecular weight is 292 g/mol. The van der Waals surface area contributed by atoms with Gasteiger partial charge >= 0.3 is 0 Å². The summed E-state index contributed by atoms with van der Waals surface area (Å²) in [5.74, 6) is 0.828. The highest BCUT2D eigenvalue weighted by Crippen LogP contribution is 2.24. The molecule has 114 valence electrons. The average Bonchev–Trinajstić information content (AvgIpc) is 2.54. The summed E-state index contributed by atoms with van der Waals surface area (Å²) < 4.78 is 18.0. The van der Waals surface area contributed by atoms with Crippen LogP contribution >= 0.6 is 0 Å². The summed E-state index contributed by atoms with van der Waals surface area (Å²) >= 11 is 0. The molecule has 1 unspecified atom stereocenters. The lowest BCUT2D eigenvalue weighted by atomic mass is 10.1. The zero-order chi connectivity index (χ0) is 14.9. The van der Waals surface area contributed by atoms with Gasteiger partial charge in [0.1, 0.15) is 18.6 Å². The molecule has 21 heavy (non-hydrogen) atoms. The van der Waals surface area contributed by atoms with Crippen LogP contribution < -0.4 is 15.8 Å². The summed E-state index contributed by atoms with van der Waals surface area (Å²) in [7, 11) is 0. The van der Waals surface area contributed by atoms with Gasteiger partial charge in [0.05, 0.1) is 0 Å². The van der Waals surface area contributed by atoms with Gasteiger partial charge in [0, 0.05) is 11.9 Å². The zero-order valence-corrected chi connectivity index (χ0v) is 11.9.